The molecular weight excluding hydrogens is 312 g/mol. The zero-order chi connectivity index (χ0) is 15.6. The van der Waals surface area contributed by atoms with E-state index in [9.17, 15) is 4.79 Å². The van der Waals surface area contributed by atoms with E-state index in [2.05, 4.69) is 17.2 Å². The largest absolute Gasteiger partial charge is 0.483 e. The van der Waals surface area contributed by atoms with Crippen molar-refractivity contribution in [3.8, 4) is 5.75 Å². The molecule has 1 aliphatic carbocycles. The van der Waals surface area contributed by atoms with Gasteiger partial charge in [0.1, 0.15) is 5.75 Å². The molecule has 5 heteroatoms. The molecule has 2 N–H and O–H groups in total. The molecule has 0 spiro atoms. The molecule has 1 amide bonds. The predicted molar refractivity (Wildman–Crippen MR) is 96.1 cm³/mol. The molecule has 1 aromatic carbocycles. The summed E-state index contributed by atoms with van der Waals surface area (Å²) in [5.41, 5.74) is 1.05. The number of halogens is 1. The van der Waals surface area contributed by atoms with Gasteiger partial charge in [0.05, 0.1) is 0 Å². The minimum Gasteiger partial charge on any atom is -0.483 e. The first-order valence-electron chi connectivity index (χ1n) is 8.11. The zero-order valence-corrected chi connectivity index (χ0v) is 14.4. The molecule has 0 heterocycles. The van der Waals surface area contributed by atoms with Gasteiger partial charge >= 0.3 is 0 Å². The van der Waals surface area contributed by atoms with Crippen LogP contribution in [0.2, 0.25) is 0 Å². The molecule has 1 saturated carbocycles. The lowest BCUT2D eigenvalue weighted by atomic mass is 9.95. The summed E-state index contributed by atoms with van der Waals surface area (Å²) in [4.78, 5) is 12.0. The quantitative estimate of drug-likeness (QED) is 0.565. The first kappa shape index (κ1) is 19.5. The Hall–Kier alpha value is -1.52. The van der Waals surface area contributed by atoms with Crippen LogP contribution in [-0.2, 0) is 11.3 Å². The van der Waals surface area contributed by atoms with E-state index in [1.54, 1.807) is 0 Å². The number of ether oxygens (including phenoxy) is 1. The normalized spacial score (nSPS) is 14.6. The van der Waals surface area contributed by atoms with E-state index in [1.807, 2.05) is 30.3 Å². The molecule has 0 saturated heterocycles. The van der Waals surface area contributed by atoms with E-state index < -0.39 is 0 Å². The molecule has 23 heavy (non-hydrogen) atoms. The van der Waals surface area contributed by atoms with E-state index >= 15 is 0 Å². The van der Waals surface area contributed by atoms with Gasteiger partial charge in [0.2, 0.25) is 0 Å². The highest BCUT2D eigenvalue weighted by Gasteiger charge is 2.16. The van der Waals surface area contributed by atoms with Crippen LogP contribution in [0.15, 0.2) is 36.9 Å². The molecule has 1 aliphatic rings. The van der Waals surface area contributed by atoms with Crippen LogP contribution >= 0.6 is 12.4 Å². The van der Waals surface area contributed by atoms with Crippen LogP contribution in [0.25, 0.3) is 0 Å². The SMILES string of the molecule is C=CCNCc1ccccc1OCC(=O)NC1CCCCC1.Cl. The summed E-state index contributed by atoms with van der Waals surface area (Å²) in [7, 11) is 0. The van der Waals surface area contributed by atoms with Crippen molar-refractivity contribution in [3.63, 3.8) is 0 Å². The van der Waals surface area contributed by atoms with Crippen LogP contribution in [-0.4, -0.2) is 25.1 Å². The van der Waals surface area contributed by atoms with Crippen molar-refractivity contribution in [1.29, 1.82) is 0 Å². The summed E-state index contributed by atoms with van der Waals surface area (Å²) < 4.78 is 5.69. The van der Waals surface area contributed by atoms with Gasteiger partial charge in [-0.2, -0.15) is 0 Å². The van der Waals surface area contributed by atoms with E-state index in [1.165, 1.54) is 19.3 Å². The Labute approximate surface area is 145 Å². The van der Waals surface area contributed by atoms with Gasteiger partial charge in [0.25, 0.3) is 5.91 Å². The van der Waals surface area contributed by atoms with Crippen molar-refractivity contribution >= 4 is 18.3 Å². The summed E-state index contributed by atoms with van der Waals surface area (Å²) in [5, 5.41) is 6.31. The fourth-order valence-corrected chi connectivity index (χ4v) is 2.76. The third-order valence-electron chi connectivity index (χ3n) is 3.91. The Morgan fingerprint density at radius 1 is 1.26 bits per heavy atom. The lowest BCUT2D eigenvalue weighted by Gasteiger charge is -2.22. The number of nitrogens with one attached hydrogen (secondary N) is 2. The van der Waals surface area contributed by atoms with E-state index in [0.717, 1.165) is 30.7 Å². The maximum Gasteiger partial charge on any atom is 0.258 e. The van der Waals surface area contributed by atoms with Gasteiger partial charge in [-0.1, -0.05) is 43.5 Å². The van der Waals surface area contributed by atoms with Crippen molar-refractivity contribution in [3.05, 3.63) is 42.5 Å². The maximum atomic E-state index is 12.0. The van der Waals surface area contributed by atoms with Crippen LogP contribution in [0.5, 0.6) is 5.75 Å². The van der Waals surface area contributed by atoms with Gasteiger partial charge in [-0.25, -0.2) is 0 Å². The minimum atomic E-state index is -0.0271. The Kier molecular flexibility index (Phi) is 9.41. The van der Waals surface area contributed by atoms with Gasteiger partial charge in [-0.05, 0) is 18.9 Å². The highest BCUT2D eigenvalue weighted by Crippen LogP contribution is 2.19. The second kappa shape index (κ2) is 11.1. The minimum absolute atomic E-state index is 0. The number of hydrogen-bond acceptors (Lipinski definition) is 3. The van der Waals surface area contributed by atoms with Crippen LogP contribution in [0, 0.1) is 0 Å². The summed E-state index contributed by atoms with van der Waals surface area (Å²) in [6, 6.07) is 8.13. The maximum absolute atomic E-state index is 12.0. The molecule has 0 bridgehead atoms. The lowest BCUT2D eigenvalue weighted by molar-refractivity contribution is -0.124. The molecule has 0 radical (unpaired) electrons. The third-order valence-corrected chi connectivity index (χ3v) is 3.91. The van der Waals surface area contributed by atoms with Gasteiger partial charge < -0.3 is 15.4 Å². The molecular formula is C18H27ClN2O2. The number of carbonyl (C=O) groups excluding carboxylic acids is 1. The van der Waals surface area contributed by atoms with Crippen LogP contribution in [0.3, 0.4) is 0 Å². The molecule has 1 fully saturated rings. The van der Waals surface area contributed by atoms with Gasteiger partial charge in [-0.15, -0.1) is 19.0 Å². The molecule has 0 unspecified atom stereocenters. The number of carbonyl (C=O) groups is 1. The van der Waals surface area contributed by atoms with Gasteiger partial charge in [0, 0.05) is 24.7 Å². The number of para-hydroxylation sites is 1. The standard InChI is InChI=1S/C18H26N2O2.ClH/c1-2-12-19-13-15-8-6-7-11-17(15)22-14-18(21)20-16-9-4-3-5-10-16;/h2,6-8,11,16,19H,1,3-5,9-10,12-14H2,(H,20,21);1H. The first-order chi connectivity index (χ1) is 10.8. The number of hydrogen-bond donors (Lipinski definition) is 2. The average molecular weight is 339 g/mol. The Balaban J connectivity index is 0.00000264. The predicted octanol–water partition coefficient (Wildman–Crippen LogP) is 3.21. The van der Waals surface area contributed by atoms with Gasteiger partial charge in [0.15, 0.2) is 6.61 Å². The van der Waals surface area contributed by atoms with Crippen LogP contribution < -0.4 is 15.4 Å². The highest BCUT2D eigenvalue weighted by atomic mass is 35.5. The van der Waals surface area contributed by atoms with Crippen LogP contribution in [0.1, 0.15) is 37.7 Å². The summed E-state index contributed by atoms with van der Waals surface area (Å²) in [6.45, 7) is 5.21. The molecule has 1 aromatic rings. The lowest BCUT2D eigenvalue weighted by Crippen LogP contribution is -2.39. The smallest absolute Gasteiger partial charge is 0.258 e. The van der Waals surface area contributed by atoms with Gasteiger partial charge in [-0.3, -0.25) is 4.79 Å². The molecule has 4 nitrogen and oxygen atoms in total. The Morgan fingerprint density at radius 2 is 2.00 bits per heavy atom. The second-order valence-corrected chi connectivity index (χ2v) is 5.72. The van der Waals surface area contributed by atoms with Crippen molar-refractivity contribution in [1.82, 2.24) is 10.6 Å². The average Bonchev–Trinajstić information content (AvgIpc) is 2.55. The number of amides is 1. The molecule has 2 rings (SSSR count). The fraction of sp³-hybridized carbons (Fsp3) is 0.500. The topological polar surface area (TPSA) is 50.4 Å². The number of rotatable bonds is 8. The highest BCUT2D eigenvalue weighted by molar-refractivity contribution is 5.85. The van der Waals surface area contributed by atoms with Crippen LogP contribution in [0.4, 0.5) is 0 Å². The summed E-state index contributed by atoms with van der Waals surface area (Å²) >= 11 is 0. The first-order valence-corrected chi connectivity index (χ1v) is 8.11. The fourth-order valence-electron chi connectivity index (χ4n) is 2.76. The van der Waals surface area contributed by atoms with E-state index in [0.29, 0.717) is 12.6 Å². The zero-order valence-electron chi connectivity index (χ0n) is 13.6. The summed E-state index contributed by atoms with van der Waals surface area (Å²) in [5.74, 6) is 0.735. The van der Waals surface area contributed by atoms with Crippen molar-refractivity contribution in [2.24, 2.45) is 0 Å². The third kappa shape index (κ3) is 7.06. The Bertz CT molecular complexity index is 488. The summed E-state index contributed by atoms with van der Waals surface area (Å²) in [6.07, 6.45) is 7.71. The number of benzene rings is 1. The van der Waals surface area contributed by atoms with E-state index in [4.69, 9.17) is 4.74 Å². The molecule has 0 atom stereocenters. The molecule has 0 aliphatic heterocycles. The molecule has 128 valence electrons. The monoisotopic (exact) mass is 338 g/mol. The van der Waals surface area contributed by atoms with Crippen molar-refractivity contribution < 1.29 is 9.53 Å². The van der Waals surface area contributed by atoms with Crippen molar-refractivity contribution in [2.75, 3.05) is 13.2 Å². The Morgan fingerprint density at radius 3 is 2.74 bits per heavy atom. The second-order valence-electron chi connectivity index (χ2n) is 5.72. The van der Waals surface area contributed by atoms with E-state index in [-0.39, 0.29) is 24.9 Å². The molecule has 0 aromatic heterocycles. The van der Waals surface area contributed by atoms with Crippen molar-refractivity contribution in [2.45, 2.75) is 44.7 Å².